The van der Waals surface area contributed by atoms with Crippen molar-refractivity contribution in [1.82, 2.24) is 15.0 Å². The van der Waals surface area contributed by atoms with Gasteiger partial charge in [0.15, 0.2) is 17.3 Å². The SMILES string of the molecule is CCOc1ccc(C(=O)N2CCCC2c2nc(C)no2)cc1OCC. The minimum Gasteiger partial charge on any atom is -0.490 e. The maximum atomic E-state index is 13.0. The van der Waals surface area contributed by atoms with Gasteiger partial charge in [0.2, 0.25) is 5.89 Å². The van der Waals surface area contributed by atoms with E-state index in [1.807, 2.05) is 13.8 Å². The van der Waals surface area contributed by atoms with Gasteiger partial charge in [0.25, 0.3) is 5.91 Å². The van der Waals surface area contributed by atoms with Crippen LogP contribution in [0.1, 0.15) is 54.8 Å². The standard InChI is InChI=1S/C18H23N3O4/c1-4-23-15-9-8-13(11-16(15)24-5-2)18(22)21-10-6-7-14(21)17-19-12(3)20-25-17/h8-9,11,14H,4-7,10H2,1-3H3. The topological polar surface area (TPSA) is 77.7 Å². The predicted molar refractivity (Wildman–Crippen MR) is 90.8 cm³/mol. The Kier molecular flexibility index (Phi) is 5.21. The summed E-state index contributed by atoms with van der Waals surface area (Å²) in [5, 5.41) is 3.84. The van der Waals surface area contributed by atoms with Gasteiger partial charge in [-0.25, -0.2) is 0 Å². The average Bonchev–Trinajstić information content (AvgIpc) is 3.25. The summed E-state index contributed by atoms with van der Waals surface area (Å²) in [6.45, 7) is 7.30. The Morgan fingerprint density at radius 3 is 2.72 bits per heavy atom. The van der Waals surface area contributed by atoms with Crippen LogP contribution in [0, 0.1) is 6.92 Å². The molecule has 25 heavy (non-hydrogen) atoms. The second kappa shape index (κ2) is 7.55. The van der Waals surface area contributed by atoms with Gasteiger partial charge in [-0.1, -0.05) is 5.16 Å². The van der Waals surface area contributed by atoms with Gasteiger partial charge < -0.3 is 18.9 Å². The zero-order valence-electron chi connectivity index (χ0n) is 14.8. The fraction of sp³-hybridized carbons (Fsp3) is 0.500. The Labute approximate surface area is 146 Å². The fourth-order valence-electron chi connectivity index (χ4n) is 3.06. The first-order valence-corrected chi connectivity index (χ1v) is 8.64. The number of likely N-dealkylation sites (tertiary alicyclic amines) is 1. The lowest BCUT2D eigenvalue weighted by Gasteiger charge is -2.22. The van der Waals surface area contributed by atoms with Crippen LogP contribution < -0.4 is 9.47 Å². The largest absolute Gasteiger partial charge is 0.490 e. The molecule has 1 aromatic carbocycles. The molecule has 3 rings (SSSR count). The third kappa shape index (κ3) is 3.60. The Bertz CT molecular complexity index is 744. The van der Waals surface area contributed by atoms with E-state index in [-0.39, 0.29) is 11.9 Å². The molecule has 1 saturated heterocycles. The first-order chi connectivity index (χ1) is 12.1. The van der Waals surface area contributed by atoms with Gasteiger partial charge in [0, 0.05) is 12.1 Å². The van der Waals surface area contributed by atoms with E-state index in [9.17, 15) is 4.79 Å². The number of benzene rings is 1. The minimum absolute atomic E-state index is 0.0673. The summed E-state index contributed by atoms with van der Waals surface area (Å²) in [5.74, 6) is 2.24. The van der Waals surface area contributed by atoms with E-state index in [4.69, 9.17) is 14.0 Å². The highest BCUT2D eigenvalue weighted by Crippen LogP contribution is 2.34. The second-order valence-electron chi connectivity index (χ2n) is 5.86. The highest BCUT2D eigenvalue weighted by molar-refractivity contribution is 5.95. The van der Waals surface area contributed by atoms with Crippen molar-refractivity contribution in [2.24, 2.45) is 0 Å². The van der Waals surface area contributed by atoms with Gasteiger partial charge >= 0.3 is 0 Å². The molecule has 2 heterocycles. The molecule has 1 aliphatic heterocycles. The monoisotopic (exact) mass is 345 g/mol. The van der Waals surface area contributed by atoms with Crippen molar-refractivity contribution in [3.8, 4) is 11.5 Å². The number of carbonyl (C=O) groups excluding carboxylic acids is 1. The molecule has 0 spiro atoms. The van der Waals surface area contributed by atoms with E-state index in [2.05, 4.69) is 10.1 Å². The first-order valence-electron chi connectivity index (χ1n) is 8.64. The summed E-state index contributed by atoms with van der Waals surface area (Å²) in [6.07, 6.45) is 1.73. The first kappa shape index (κ1) is 17.3. The molecule has 0 saturated carbocycles. The maximum Gasteiger partial charge on any atom is 0.254 e. The van der Waals surface area contributed by atoms with Crippen LogP contribution in [0.2, 0.25) is 0 Å². The van der Waals surface area contributed by atoms with Crippen LogP contribution in [0.25, 0.3) is 0 Å². The molecule has 0 aliphatic carbocycles. The number of amides is 1. The van der Waals surface area contributed by atoms with E-state index in [0.717, 1.165) is 12.8 Å². The number of ether oxygens (including phenoxy) is 2. The molecule has 7 nitrogen and oxygen atoms in total. The molecule has 2 aromatic rings. The third-order valence-corrected chi connectivity index (χ3v) is 4.13. The van der Waals surface area contributed by atoms with Gasteiger partial charge in [0.05, 0.1) is 13.2 Å². The second-order valence-corrected chi connectivity index (χ2v) is 5.86. The van der Waals surface area contributed by atoms with E-state index in [0.29, 0.717) is 48.5 Å². The number of carbonyl (C=O) groups is 1. The summed E-state index contributed by atoms with van der Waals surface area (Å²) in [7, 11) is 0. The lowest BCUT2D eigenvalue weighted by molar-refractivity contribution is 0.0709. The summed E-state index contributed by atoms with van der Waals surface area (Å²) in [4.78, 5) is 19.1. The number of hydrogen-bond acceptors (Lipinski definition) is 6. The summed E-state index contributed by atoms with van der Waals surface area (Å²) in [6, 6.07) is 5.12. The molecule has 0 radical (unpaired) electrons. The minimum atomic E-state index is -0.171. The van der Waals surface area contributed by atoms with Crippen molar-refractivity contribution in [2.75, 3.05) is 19.8 Å². The third-order valence-electron chi connectivity index (χ3n) is 4.13. The number of aryl methyl sites for hydroxylation is 1. The lowest BCUT2D eigenvalue weighted by atomic mass is 10.1. The Hall–Kier alpha value is -2.57. The van der Waals surface area contributed by atoms with E-state index >= 15 is 0 Å². The van der Waals surface area contributed by atoms with Crippen molar-refractivity contribution < 1.29 is 18.8 Å². The average molecular weight is 345 g/mol. The zero-order valence-corrected chi connectivity index (χ0v) is 14.8. The van der Waals surface area contributed by atoms with Crippen LogP contribution in [0.3, 0.4) is 0 Å². The normalized spacial score (nSPS) is 16.9. The van der Waals surface area contributed by atoms with Crippen LogP contribution >= 0.6 is 0 Å². The van der Waals surface area contributed by atoms with Crippen LogP contribution in [0.4, 0.5) is 0 Å². The number of nitrogens with zero attached hydrogens (tertiary/aromatic N) is 3. The molecule has 0 bridgehead atoms. The van der Waals surface area contributed by atoms with Gasteiger partial charge in [-0.3, -0.25) is 4.79 Å². The summed E-state index contributed by atoms with van der Waals surface area (Å²) >= 11 is 0. The quantitative estimate of drug-likeness (QED) is 0.800. The van der Waals surface area contributed by atoms with Crippen LogP contribution in [-0.4, -0.2) is 40.7 Å². The van der Waals surface area contributed by atoms with Crippen molar-refractivity contribution in [3.05, 3.63) is 35.5 Å². The maximum absolute atomic E-state index is 13.0. The smallest absolute Gasteiger partial charge is 0.254 e. The van der Waals surface area contributed by atoms with E-state index in [1.54, 1.807) is 30.0 Å². The molecule has 1 aromatic heterocycles. The summed E-state index contributed by atoms with van der Waals surface area (Å²) in [5.41, 5.74) is 0.565. The Morgan fingerprint density at radius 2 is 2.04 bits per heavy atom. The molecule has 1 aliphatic rings. The molecule has 1 atom stereocenters. The fourth-order valence-corrected chi connectivity index (χ4v) is 3.06. The highest BCUT2D eigenvalue weighted by atomic mass is 16.5. The number of rotatable bonds is 6. The van der Waals surface area contributed by atoms with E-state index in [1.165, 1.54) is 0 Å². The molecule has 0 N–H and O–H groups in total. The van der Waals surface area contributed by atoms with Gasteiger partial charge in [0.1, 0.15) is 6.04 Å². The van der Waals surface area contributed by atoms with Crippen molar-refractivity contribution in [3.63, 3.8) is 0 Å². The number of aromatic nitrogens is 2. The molecule has 7 heteroatoms. The molecule has 1 amide bonds. The lowest BCUT2D eigenvalue weighted by Crippen LogP contribution is -2.30. The van der Waals surface area contributed by atoms with E-state index < -0.39 is 0 Å². The molecular formula is C18H23N3O4. The molecule has 1 unspecified atom stereocenters. The van der Waals surface area contributed by atoms with Crippen LogP contribution in [0.5, 0.6) is 11.5 Å². The Morgan fingerprint density at radius 1 is 1.28 bits per heavy atom. The van der Waals surface area contributed by atoms with Gasteiger partial charge in [-0.2, -0.15) is 4.98 Å². The van der Waals surface area contributed by atoms with Crippen LogP contribution in [-0.2, 0) is 0 Å². The molecular weight excluding hydrogens is 322 g/mol. The number of hydrogen-bond donors (Lipinski definition) is 0. The van der Waals surface area contributed by atoms with Crippen molar-refractivity contribution in [2.45, 2.75) is 39.7 Å². The van der Waals surface area contributed by atoms with Gasteiger partial charge in [-0.15, -0.1) is 0 Å². The molecule has 1 fully saturated rings. The predicted octanol–water partition coefficient (Wildman–Crippen LogP) is 3.15. The Balaban J connectivity index is 1.85. The summed E-state index contributed by atoms with van der Waals surface area (Å²) < 4.78 is 16.5. The van der Waals surface area contributed by atoms with Crippen LogP contribution in [0.15, 0.2) is 22.7 Å². The highest BCUT2D eigenvalue weighted by Gasteiger charge is 2.34. The van der Waals surface area contributed by atoms with Gasteiger partial charge in [-0.05, 0) is 51.8 Å². The molecule has 134 valence electrons. The van der Waals surface area contributed by atoms with Crippen molar-refractivity contribution in [1.29, 1.82) is 0 Å². The van der Waals surface area contributed by atoms with Crippen molar-refractivity contribution >= 4 is 5.91 Å². The zero-order chi connectivity index (χ0) is 17.8.